The predicted molar refractivity (Wildman–Crippen MR) is 73.8 cm³/mol. The Kier molecular flexibility index (Phi) is 5.49. The highest BCUT2D eigenvalue weighted by atomic mass is 16.5. The minimum atomic E-state index is 0.193. The number of anilines is 1. The standard InChI is InChI=1S/C15H25NO/c1-11(2)9-15(17-10-12(3)4)13-5-7-14(16)8-6-13/h5-8,11-12,15H,9-10,16H2,1-4H3/t15-/m1/s1. The summed E-state index contributed by atoms with van der Waals surface area (Å²) in [6, 6.07) is 8.04. The van der Waals surface area contributed by atoms with Crippen LogP contribution < -0.4 is 5.73 Å². The van der Waals surface area contributed by atoms with Crippen LogP contribution in [0.25, 0.3) is 0 Å². The van der Waals surface area contributed by atoms with Gasteiger partial charge in [-0.05, 0) is 36.0 Å². The average Bonchev–Trinajstić information content (AvgIpc) is 2.25. The largest absolute Gasteiger partial charge is 0.399 e. The Bertz CT molecular complexity index is 316. The van der Waals surface area contributed by atoms with Crippen LogP contribution in [-0.4, -0.2) is 6.61 Å². The van der Waals surface area contributed by atoms with Crippen molar-refractivity contribution in [1.82, 2.24) is 0 Å². The molecule has 0 saturated heterocycles. The fourth-order valence-electron chi connectivity index (χ4n) is 1.75. The number of benzene rings is 1. The van der Waals surface area contributed by atoms with Gasteiger partial charge in [0, 0.05) is 12.3 Å². The first-order valence-electron chi connectivity index (χ1n) is 6.46. The van der Waals surface area contributed by atoms with E-state index in [1.807, 2.05) is 12.1 Å². The van der Waals surface area contributed by atoms with Crippen LogP contribution in [0.1, 0.15) is 45.8 Å². The number of ether oxygens (including phenoxy) is 1. The zero-order chi connectivity index (χ0) is 12.8. The fourth-order valence-corrected chi connectivity index (χ4v) is 1.75. The van der Waals surface area contributed by atoms with Crippen molar-refractivity contribution in [2.24, 2.45) is 11.8 Å². The summed E-state index contributed by atoms with van der Waals surface area (Å²) in [5, 5.41) is 0. The number of nitrogen functional groups attached to an aromatic ring is 1. The second-order valence-electron chi connectivity index (χ2n) is 5.51. The quantitative estimate of drug-likeness (QED) is 0.756. The van der Waals surface area contributed by atoms with Crippen LogP contribution >= 0.6 is 0 Å². The van der Waals surface area contributed by atoms with E-state index in [0.717, 1.165) is 18.7 Å². The summed E-state index contributed by atoms with van der Waals surface area (Å²) in [4.78, 5) is 0. The van der Waals surface area contributed by atoms with Crippen molar-refractivity contribution in [3.8, 4) is 0 Å². The van der Waals surface area contributed by atoms with Crippen LogP contribution in [0.15, 0.2) is 24.3 Å². The van der Waals surface area contributed by atoms with Gasteiger partial charge in [0.25, 0.3) is 0 Å². The number of hydrogen-bond acceptors (Lipinski definition) is 2. The highest BCUT2D eigenvalue weighted by molar-refractivity contribution is 5.39. The maximum absolute atomic E-state index is 6.00. The van der Waals surface area contributed by atoms with Crippen molar-refractivity contribution in [2.75, 3.05) is 12.3 Å². The van der Waals surface area contributed by atoms with Gasteiger partial charge in [-0.25, -0.2) is 0 Å². The maximum Gasteiger partial charge on any atom is 0.0827 e. The Morgan fingerprint density at radius 1 is 1.00 bits per heavy atom. The van der Waals surface area contributed by atoms with E-state index in [4.69, 9.17) is 10.5 Å². The summed E-state index contributed by atoms with van der Waals surface area (Å²) >= 11 is 0. The molecular formula is C15H25NO. The van der Waals surface area contributed by atoms with Gasteiger partial charge in [0.1, 0.15) is 0 Å². The molecule has 1 aromatic rings. The Hall–Kier alpha value is -1.02. The van der Waals surface area contributed by atoms with E-state index in [-0.39, 0.29) is 6.10 Å². The molecule has 1 aromatic carbocycles. The molecule has 1 rings (SSSR count). The topological polar surface area (TPSA) is 35.2 Å². The van der Waals surface area contributed by atoms with Gasteiger partial charge in [0.15, 0.2) is 0 Å². The molecule has 0 aromatic heterocycles. The van der Waals surface area contributed by atoms with Crippen molar-refractivity contribution in [1.29, 1.82) is 0 Å². The van der Waals surface area contributed by atoms with E-state index in [0.29, 0.717) is 11.8 Å². The van der Waals surface area contributed by atoms with Gasteiger partial charge in [0.2, 0.25) is 0 Å². The molecule has 2 nitrogen and oxygen atoms in total. The molecule has 0 spiro atoms. The minimum Gasteiger partial charge on any atom is -0.399 e. The van der Waals surface area contributed by atoms with Crippen molar-refractivity contribution >= 4 is 5.69 Å². The maximum atomic E-state index is 6.00. The highest BCUT2D eigenvalue weighted by Crippen LogP contribution is 2.26. The van der Waals surface area contributed by atoms with Gasteiger partial charge in [-0.3, -0.25) is 0 Å². The summed E-state index contributed by atoms with van der Waals surface area (Å²) in [6.45, 7) is 9.61. The molecule has 0 heterocycles. The van der Waals surface area contributed by atoms with E-state index < -0.39 is 0 Å². The lowest BCUT2D eigenvalue weighted by Gasteiger charge is -2.21. The second-order valence-corrected chi connectivity index (χ2v) is 5.51. The Morgan fingerprint density at radius 3 is 2.06 bits per heavy atom. The van der Waals surface area contributed by atoms with E-state index in [9.17, 15) is 0 Å². The summed E-state index contributed by atoms with van der Waals surface area (Å²) in [7, 11) is 0. The van der Waals surface area contributed by atoms with Crippen LogP contribution in [0, 0.1) is 11.8 Å². The van der Waals surface area contributed by atoms with E-state index in [2.05, 4.69) is 39.8 Å². The molecule has 2 N–H and O–H groups in total. The zero-order valence-corrected chi connectivity index (χ0v) is 11.4. The SMILES string of the molecule is CC(C)CO[C@H](CC(C)C)c1ccc(N)cc1. The monoisotopic (exact) mass is 235 g/mol. The normalized spacial score (nSPS) is 13.3. The van der Waals surface area contributed by atoms with Gasteiger partial charge in [-0.1, -0.05) is 39.8 Å². The molecule has 17 heavy (non-hydrogen) atoms. The lowest BCUT2D eigenvalue weighted by molar-refractivity contribution is 0.0221. The smallest absolute Gasteiger partial charge is 0.0827 e. The Morgan fingerprint density at radius 2 is 1.59 bits per heavy atom. The molecule has 2 heteroatoms. The molecule has 0 bridgehead atoms. The molecule has 0 radical (unpaired) electrons. The van der Waals surface area contributed by atoms with Gasteiger partial charge in [0.05, 0.1) is 6.10 Å². The lowest BCUT2D eigenvalue weighted by Crippen LogP contribution is -2.11. The second kappa shape index (κ2) is 6.65. The number of hydrogen-bond donors (Lipinski definition) is 1. The summed E-state index contributed by atoms with van der Waals surface area (Å²) in [5.74, 6) is 1.20. The van der Waals surface area contributed by atoms with Gasteiger partial charge < -0.3 is 10.5 Å². The first-order valence-corrected chi connectivity index (χ1v) is 6.46. The molecule has 96 valence electrons. The lowest BCUT2D eigenvalue weighted by atomic mass is 9.99. The van der Waals surface area contributed by atoms with E-state index in [1.54, 1.807) is 0 Å². The average molecular weight is 235 g/mol. The number of nitrogens with two attached hydrogens (primary N) is 1. The van der Waals surface area contributed by atoms with Crippen LogP contribution in [0.4, 0.5) is 5.69 Å². The Balaban J connectivity index is 2.70. The van der Waals surface area contributed by atoms with Crippen LogP contribution in [0.2, 0.25) is 0 Å². The van der Waals surface area contributed by atoms with Crippen LogP contribution in [0.3, 0.4) is 0 Å². The van der Waals surface area contributed by atoms with Gasteiger partial charge in [-0.2, -0.15) is 0 Å². The molecule has 0 saturated carbocycles. The molecule has 0 unspecified atom stereocenters. The van der Waals surface area contributed by atoms with E-state index in [1.165, 1.54) is 5.56 Å². The molecule has 0 aliphatic carbocycles. The third-order valence-electron chi connectivity index (χ3n) is 2.62. The third kappa shape index (κ3) is 5.22. The summed E-state index contributed by atoms with van der Waals surface area (Å²) in [5.41, 5.74) is 7.75. The molecular weight excluding hydrogens is 210 g/mol. The predicted octanol–water partition coefficient (Wildman–Crippen LogP) is 4.03. The van der Waals surface area contributed by atoms with Crippen molar-refractivity contribution in [3.05, 3.63) is 29.8 Å². The molecule has 0 fully saturated rings. The highest BCUT2D eigenvalue weighted by Gasteiger charge is 2.14. The number of rotatable bonds is 6. The Labute approximate surface area is 105 Å². The van der Waals surface area contributed by atoms with Crippen LogP contribution in [-0.2, 0) is 4.74 Å². The first-order chi connectivity index (χ1) is 7.99. The molecule has 0 amide bonds. The van der Waals surface area contributed by atoms with Gasteiger partial charge in [-0.15, -0.1) is 0 Å². The summed E-state index contributed by atoms with van der Waals surface area (Å²) < 4.78 is 6.00. The third-order valence-corrected chi connectivity index (χ3v) is 2.62. The van der Waals surface area contributed by atoms with Crippen LogP contribution in [0.5, 0.6) is 0 Å². The van der Waals surface area contributed by atoms with Gasteiger partial charge >= 0.3 is 0 Å². The molecule has 0 aliphatic heterocycles. The fraction of sp³-hybridized carbons (Fsp3) is 0.600. The van der Waals surface area contributed by atoms with Crippen molar-refractivity contribution < 1.29 is 4.74 Å². The first kappa shape index (κ1) is 14.0. The zero-order valence-electron chi connectivity index (χ0n) is 11.4. The van der Waals surface area contributed by atoms with Crippen molar-refractivity contribution in [3.63, 3.8) is 0 Å². The van der Waals surface area contributed by atoms with Crippen molar-refractivity contribution in [2.45, 2.75) is 40.2 Å². The molecule has 1 atom stereocenters. The van der Waals surface area contributed by atoms with E-state index >= 15 is 0 Å². The minimum absolute atomic E-state index is 0.193. The molecule has 0 aliphatic rings. The summed E-state index contributed by atoms with van der Waals surface area (Å²) in [6.07, 6.45) is 1.24.